The Hall–Kier alpha value is -3.47. The van der Waals surface area contributed by atoms with Crippen molar-refractivity contribution in [3.8, 4) is 22.5 Å². The number of hydrogen-bond donors (Lipinski definition) is 1. The van der Waals surface area contributed by atoms with Gasteiger partial charge < -0.3 is 5.73 Å². The SMILES string of the molecule is Nc1cnc(-c2ccc(F)cc2)cc1-c1ccn(Cc2ccccc2)n1. The molecule has 0 saturated carbocycles. The third-order valence-corrected chi connectivity index (χ3v) is 4.18. The average molecular weight is 344 g/mol. The third kappa shape index (κ3) is 3.32. The zero-order chi connectivity index (χ0) is 17.9. The standard InChI is InChI=1S/C21H17FN4/c22-17-8-6-16(7-9-17)21-12-18(19(23)13-24-21)20-10-11-26(25-20)14-15-4-2-1-3-5-15/h1-13H,14,23H2. The molecular weight excluding hydrogens is 327 g/mol. The van der Waals surface area contributed by atoms with Crippen molar-refractivity contribution in [3.63, 3.8) is 0 Å². The Kier molecular flexibility index (Phi) is 4.19. The van der Waals surface area contributed by atoms with Crippen molar-refractivity contribution in [1.82, 2.24) is 14.8 Å². The molecule has 0 spiro atoms. The molecule has 0 bridgehead atoms. The van der Waals surface area contributed by atoms with E-state index in [4.69, 9.17) is 5.73 Å². The third-order valence-electron chi connectivity index (χ3n) is 4.18. The molecule has 0 amide bonds. The molecule has 5 heteroatoms. The van der Waals surface area contributed by atoms with Crippen molar-refractivity contribution < 1.29 is 4.39 Å². The number of benzene rings is 2. The summed E-state index contributed by atoms with van der Waals surface area (Å²) in [7, 11) is 0. The summed E-state index contributed by atoms with van der Waals surface area (Å²) in [5.41, 5.74) is 11.0. The summed E-state index contributed by atoms with van der Waals surface area (Å²) >= 11 is 0. The van der Waals surface area contributed by atoms with Crippen molar-refractivity contribution in [1.29, 1.82) is 0 Å². The molecule has 2 N–H and O–H groups in total. The highest BCUT2D eigenvalue weighted by molar-refractivity contribution is 5.77. The van der Waals surface area contributed by atoms with Crippen LogP contribution in [0.2, 0.25) is 0 Å². The average Bonchev–Trinajstić information content (AvgIpc) is 3.12. The first-order valence-corrected chi connectivity index (χ1v) is 8.28. The first-order valence-electron chi connectivity index (χ1n) is 8.28. The zero-order valence-electron chi connectivity index (χ0n) is 14.0. The van der Waals surface area contributed by atoms with Gasteiger partial charge in [-0.25, -0.2) is 4.39 Å². The van der Waals surface area contributed by atoms with Gasteiger partial charge in [0.25, 0.3) is 0 Å². The van der Waals surface area contributed by atoms with Crippen LogP contribution in [0.3, 0.4) is 0 Å². The van der Waals surface area contributed by atoms with E-state index in [1.807, 2.05) is 41.2 Å². The highest BCUT2D eigenvalue weighted by atomic mass is 19.1. The van der Waals surface area contributed by atoms with E-state index in [0.717, 1.165) is 22.5 Å². The van der Waals surface area contributed by atoms with Crippen molar-refractivity contribution in [2.45, 2.75) is 6.54 Å². The number of aromatic nitrogens is 3. The number of nitrogens with two attached hydrogens (primary N) is 1. The number of nitrogen functional groups attached to an aromatic ring is 1. The van der Waals surface area contributed by atoms with Crippen molar-refractivity contribution in [2.24, 2.45) is 0 Å². The summed E-state index contributed by atoms with van der Waals surface area (Å²) in [5, 5.41) is 4.63. The lowest BCUT2D eigenvalue weighted by Crippen LogP contribution is -2.01. The maximum absolute atomic E-state index is 13.1. The van der Waals surface area contributed by atoms with Crippen LogP contribution < -0.4 is 5.73 Å². The van der Waals surface area contributed by atoms with Crippen LogP contribution in [0.15, 0.2) is 79.1 Å². The largest absolute Gasteiger partial charge is 0.397 e. The maximum Gasteiger partial charge on any atom is 0.123 e. The molecule has 4 aromatic rings. The van der Waals surface area contributed by atoms with E-state index in [1.165, 1.54) is 17.7 Å². The highest BCUT2D eigenvalue weighted by Gasteiger charge is 2.10. The predicted octanol–water partition coefficient (Wildman–Crippen LogP) is 4.38. The van der Waals surface area contributed by atoms with Crippen LogP contribution in [-0.2, 0) is 6.54 Å². The van der Waals surface area contributed by atoms with Crippen LogP contribution in [0.1, 0.15) is 5.56 Å². The van der Waals surface area contributed by atoms with Gasteiger partial charge in [-0.3, -0.25) is 9.67 Å². The van der Waals surface area contributed by atoms with E-state index in [9.17, 15) is 4.39 Å². The van der Waals surface area contributed by atoms with E-state index in [0.29, 0.717) is 12.2 Å². The molecule has 0 unspecified atom stereocenters. The highest BCUT2D eigenvalue weighted by Crippen LogP contribution is 2.28. The number of hydrogen-bond acceptors (Lipinski definition) is 3. The fraction of sp³-hybridized carbons (Fsp3) is 0.0476. The minimum Gasteiger partial charge on any atom is -0.397 e. The molecule has 0 aliphatic rings. The second-order valence-corrected chi connectivity index (χ2v) is 6.05. The van der Waals surface area contributed by atoms with Gasteiger partial charge >= 0.3 is 0 Å². The van der Waals surface area contributed by atoms with Crippen LogP contribution in [-0.4, -0.2) is 14.8 Å². The Labute approximate surface area is 150 Å². The quantitative estimate of drug-likeness (QED) is 0.598. The van der Waals surface area contributed by atoms with E-state index >= 15 is 0 Å². The molecular formula is C21H17FN4. The molecule has 0 fully saturated rings. The van der Waals surface area contributed by atoms with Gasteiger partial charge in [-0.1, -0.05) is 30.3 Å². The van der Waals surface area contributed by atoms with Crippen molar-refractivity contribution in [3.05, 3.63) is 90.5 Å². The van der Waals surface area contributed by atoms with Gasteiger partial charge in [0.2, 0.25) is 0 Å². The van der Waals surface area contributed by atoms with Gasteiger partial charge in [-0.15, -0.1) is 0 Å². The van der Waals surface area contributed by atoms with Gasteiger partial charge in [0.1, 0.15) is 5.82 Å². The zero-order valence-corrected chi connectivity index (χ0v) is 14.0. The first-order chi connectivity index (χ1) is 12.7. The number of pyridine rings is 1. The molecule has 0 aliphatic heterocycles. The fourth-order valence-corrected chi connectivity index (χ4v) is 2.83. The van der Waals surface area contributed by atoms with E-state index in [-0.39, 0.29) is 5.82 Å². The van der Waals surface area contributed by atoms with Crippen molar-refractivity contribution >= 4 is 5.69 Å². The minimum atomic E-state index is -0.274. The second kappa shape index (κ2) is 6.80. The molecule has 0 atom stereocenters. The Bertz CT molecular complexity index is 1020. The summed E-state index contributed by atoms with van der Waals surface area (Å²) in [6.45, 7) is 0.691. The van der Waals surface area contributed by atoms with Crippen LogP contribution in [0.25, 0.3) is 22.5 Å². The van der Waals surface area contributed by atoms with E-state index < -0.39 is 0 Å². The molecule has 0 radical (unpaired) electrons. The Morgan fingerprint density at radius 2 is 1.69 bits per heavy atom. The lowest BCUT2D eigenvalue weighted by molar-refractivity contribution is 0.628. The van der Waals surface area contributed by atoms with Gasteiger partial charge in [0, 0.05) is 17.3 Å². The number of rotatable bonds is 4. The van der Waals surface area contributed by atoms with Gasteiger partial charge in [-0.05, 0) is 42.0 Å². The van der Waals surface area contributed by atoms with Gasteiger partial charge in [0.05, 0.1) is 29.8 Å². The summed E-state index contributed by atoms with van der Waals surface area (Å²) in [6.07, 6.45) is 3.55. The molecule has 2 heterocycles. The second-order valence-electron chi connectivity index (χ2n) is 6.05. The summed E-state index contributed by atoms with van der Waals surface area (Å²) in [4.78, 5) is 4.36. The molecule has 4 rings (SSSR count). The summed E-state index contributed by atoms with van der Waals surface area (Å²) < 4.78 is 15.0. The Morgan fingerprint density at radius 3 is 2.46 bits per heavy atom. The smallest absolute Gasteiger partial charge is 0.123 e. The normalized spacial score (nSPS) is 10.8. The van der Waals surface area contributed by atoms with Crippen LogP contribution in [0.5, 0.6) is 0 Å². The Balaban J connectivity index is 1.65. The monoisotopic (exact) mass is 344 g/mol. The number of anilines is 1. The molecule has 2 aromatic heterocycles. The van der Waals surface area contributed by atoms with E-state index in [2.05, 4.69) is 22.2 Å². The summed E-state index contributed by atoms with van der Waals surface area (Å²) in [5.74, 6) is -0.274. The van der Waals surface area contributed by atoms with Gasteiger partial charge in [-0.2, -0.15) is 5.10 Å². The van der Waals surface area contributed by atoms with Crippen LogP contribution in [0.4, 0.5) is 10.1 Å². The lowest BCUT2D eigenvalue weighted by atomic mass is 10.1. The molecule has 26 heavy (non-hydrogen) atoms. The van der Waals surface area contributed by atoms with Gasteiger partial charge in [0.15, 0.2) is 0 Å². The molecule has 2 aromatic carbocycles. The predicted molar refractivity (Wildman–Crippen MR) is 101 cm³/mol. The molecule has 128 valence electrons. The maximum atomic E-state index is 13.1. The van der Waals surface area contributed by atoms with Crippen LogP contribution >= 0.6 is 0 Å². The fourth-order valence-electron chi connectivity index (χ4n) is 2.83. The molecule has 0 saturated heterocycles. The lowest BCUT2D eigenvalue weighted by Gasteiger charge is -2.07. The summed E-state index contributed by atoms with van der Waals surface area (Å²) in [6, 6.07) is 20.2. The minimum absolute atomic E-state index is 0.274. The molecule has 0 aliphatic carbocycles. The first kappa shape index (κ1) is 16.0. The number of nitrogens with zero attached hydrogens (tertiary/aromatic N) is 3. The van der Waals surface area contributed by atoms with Crippen LogP contribution in [0, 0.1) is 5.82 Å². The van der Waals surface area contributed by atoms with Crippen molar-refractivity contribution in [2.75, 3.05) is 5.73 Å². The van der Waals surface area contributed by atoms with E-state index in [1.54, 1.807) is 18.3 Å². The Morgan fingerprint density at radius 1 is 0.923 bits per heavy atom. The number of halogens is 1. The topological polar surface area (TPSA) is 56.7 Å². The molecule has 4 nitrogen and oxygen atoms in total.